The summed E-state index contributed by atoms with van der Waals surface area (Å²) in [5.74, 6) is 1.54. The first kappa shape index (κ1) is 23.6. The first-order valence-corrected chi connectivity index (χ1v) is 13.3. The average molecular weight is 535 g/mol. The second kappa shape index (κ2) is 9.05. The SMILES string of the molecule is FC(F)Oc1ccnc2ccc(N3CCC4(C=C(c5c(-c6ncccc6Cl)noc5C5CC5)C4)CC3)cc12. The molecular formula is C29H25ClF2N4O2. The van der Waals surface area contributed by atoms with Gasteiger partial charge in [-0.2, -0.15) is 8.78 Å². The van der Waals surface area contributed by atoms with Crippen LogP contribution in [-0.2, 0) is 0 Å². The molecule has 4 heterocycles. The van der Waals surface area contributed by atoms with Gasteiger partial charge in [-0.25, -0.2) is 0 Å². The first-order chi connectivity index (χ1) is 18.5. The molecule has 0 unspecified atom stereocenters. The van der Waals surface area contributed by atoms with Crippen LogP contribution >= 0.6 is 11.6 Å². The molecule has 2 aliphatic carbocycles. The number of halogens is 3. The van der Waals surface area contributed by atoms with Crippen LogP contribution in [0.4, 0.5) is 14.5 Å². The number of rotatable bonds is 6. The summed E-state index contributed by atoms with van der Waals surface area (Å²) in [6, 6.07) is 10.9. The van der Waals surface area contributed by atoms with E-state index in [2.05, 4.69) is 26.1 Å². The number of benzene rings is 1. The molecular weight excluding hydrogens is 510 g/mol. The van der Waals surface area contributed by atoms with Crippen molar-refractivity contribution >= 4 is 33.8 Å². The largest absolute Gasteiger partial charge is 0.434 e. The summed E-state index contributed by atoms with van der Waals surface area (Å²) >= 11 is 6.47. The summed E-state index contributed by atoms with van der Waals surface area (Å²) in [4.78, 5) is 11.1. The fourth-order valence-corrected chi connectivity index (χ4v) is 6.09. The van der Waals surface area contributed by atoms with Gasteiger partial charge in [-0.1, -0.05) is 22.8 Å². The molecule has 4 aromatic rings. The smallest absolute Gasteiger partial charge is 0.387 e. The van der Waals surface area contributed by atoms with Crippen LogP contribution in [0.15, 0.2) is 59.4 Å². The van der Waals surface area contributed by atoms with Gasteiger partial charge in [0, 0.05) is 42.5 Å². The summed E-state index contributed by atoms with van der Waals surface area (Å²) < 4.78 is 36.4. The number of hydrogen-bond acceptors (Lipinski definition) is 6. The molecule has 194 valence electrons. The highest BCUT2D eigenvalue weighted by Gasteiger charge is 2.44. The van der Waals surface area contributed by atoms with E-state index in [1.165, 1.54) is 17.8 Å². The molecule has 0 radical (unpaired) electrons. The van der Waals surface area contributed by atoms with Crippen LogP contribution in [0.3, 0.4) is 0 Å². The van der Waals surface area contributed by atoms with Crippen LogP contribution in [-0.4, -0.2) is 34.8 Å². The summed E-state index contributed by atoms with van der Waals surface area (Å²) in [5, 5.41) is 5.58. The lowest BCUT2D eigenvalue weighted by atomic mass is 9.63. The van der Waals surface area contributed by atoms with Gasteiger partial charge in [-0.15, -0.1) is 0 Å². The first-order valence-electron chi connectivity index (χ1n) is 12.9. The number of nitrogens with zero attached hydrogens (tertiary/aromatic N) is 4. The Balaban J connectivity index is 1.13. The minimum atomic E-state index is -2.88. The van der Waals surface area contributed by atoms with E-state index >= 15 is 0 Å². The number of anilines is 1. The summed E-state index contributed by atoms with van der Waals surface area (Å²) in [7, 11) is 0. The summed E-state index contributed by atoms with van der Waals surface area (Å²) in [6.45, 7) is -1.13. The number of fused-ring (bicyclic) bond motifs is 1. The Hall–Kier alpha value is -3.52. The molecule has 0 N–H and O–H groups in total. The van der Waals surface area contributed by atoms with Crippen molar-refractivity contribution in [2.75, 3.05) is 18.0 Å². The molecule has 6 nitrogen and oxygen atoms in total. The average Bonchev–Trinajstić information content (AvgIpc) is 3.66. The maximum Gasteiger partial charge on any atom is 0.387 e. The molecule has 2 fully saturated rings. The zero-order chi connectivity index (χ0) is 25.9. The number of ether oxygens (including phenoxy) is 1. The Bertz CT molecular complexity index is 1560. The monoisotopic (exact) mass is 534 g/mol. The Morgan fingerprint density at radius 1 is 1.05 bits per heavy atom. The normalized spacial score (nSPS) is 18.6. The number of allylic oxidation sites excluding steroid dienone is 2. The molecule has 1 aromatic carbocycles. The predicted molar refractivity (Wildman–Crippen MR) is 142 cm³/mol. The van der Waals surface area contributed by atoms with Crippen LogP contribution in [0, 0.1) is 5.41 Å². The van der Waals surface area contributed by atoms with E-state index in [0.717, 1.165) is 67.9 Å². The molecule has 0 atom stereocenters. The van der Waals surface area contributed by atoms with E-state index in [1.54, 1.807) is 6.20 Å². The molecule has 1 saturated heterocycles. The number of aromatic nitrogens is 3. The van der Waals surface area contributed by atoms with E-state index in [0.29, 0.717) is 27.5 Å². The van der Waals surface area contributed by atoms with Gasteiger partial charge in [0.15, 0.2) is 0 Å². The van der Waals surface area contributed by atoms with E-state index in [4.69, 9.17) is 20.9 Å². The van der Waals surface area contributed by atoms with Gasteiger partial charge in [0.25, 0.3) is 0 Å². The third-order valence-electron chi connectivity index (χ3n) is 8.02. The van der Waals surface area contributed by atoms with Gasteiger partial charge in [0.05, 0.1) is 16.1 Å². The molecule has 3 aromatic heterocycles. The summed E-state index contributed by atoms with van der Waals surface area (Å²) in [5.41, 5.74) is 5.51. The Morgan fingerprint density at radius 3 is 2.61 bits per heavy atom. The Kier molecular flexibility index (Phi) is 5.62. The minimum Gasteiger partial charge on any atom is -0.434 e. The van der Waals surface area contributed by atoms with Crippen molar-refractivity contribution in [3.63, 3.8) is 0 Å². The van der Waals surface area contributed by atoms with Gasteiger partial charge in [-0.3, -0.25) is 9.97 Å². The maximum atomic E-state index is 12.9. The molecule has 1 aliphatic heterocycles. The lowest BCUT2D eigenvalue weighted by molar-refractivity contribution is -0.0488. The van der Waals surface area contributed by atoms with E-state index in [9.17, 15) is 8.78 Å². The van der Waals surface area contributed by atoms with Crippen molar-refractivity contribution in [1.29, 1.82) is 0 Å². The summed E-state index contributed by atoms with van der Waals surface area (Å²) in [6.07, 6.45) is 10.8. The fraction of sp³-hybridized carbons (Fsp3) is 0.345. The van der Waals surface area contributed by atoms with Crippen LogP contribution in [0.5, 0.6) is 5.75 Å². The van der Waals surface area contributed by atoms with Crippen LogP contribution in [0.2, 0.25) is 5.02 Å². The topological polar surface area (TPSA) is 64.3 Å². The molecule has 9 heteroatoms. The van der Waals surface area contributed by atoms with Crippen molar-refractivity contribution in [2.45, 2.75) is 44.6 Å². The Morgan fingerprint density at radius 2 is 1.87 bits per heavy atom. The van der Waals surface area contributed by atoms with Crippen molar-refractivity contribution in [3.8, 4) is 17.1 Å². The fourth-order valence-electron chi connectivity index (χ4n) is 5.88. The van der Waals surface area contributed by atoms with Gasteiger partial charge >= 0.3 is 6.61 Å². The lowest BCUT2D eigenvalue weighted by Gasteiger charge is -2.47. The zero-order valence-corrected chi connectivity index (χ0v) is 21.3. The second-order valence-electron chi connectivity index (χ2n) is 10.5. The third kappa shape index (κ3) is 4.11. The second-order valence-corrected chi connectivity index (χ2v) is 10.9. The molecule has 1 spiro atoms. The lowest BCUT2D eigenvalue weighted by Crippen LogP contribution is -2.42. The zero-order valence-electron chi connectivity index (χ0n) is 20.5. The van der Waals surface area contributed by atoms with Gasteiger partial charge < -0.3 is 14.2 Å². The molecule has 0 bridgehead atoms. The highest BCUT2D eigenvalue weighted by Crippen LogP contribution is 2.56. The molecule has 1 saturated carbocycles. The van der Waals surface area contributed by atoms with Gasteiger partial charge in [-0.05, 0) is 79.5 Å². The number of piperidine rings is 1. The number of pyridine rings is 2. The highest BCUT2D eigenvalue weighted by molar-refractivity contribution is 6.33. The van der Waals surface area contributed by atoms with Crippen molar-refractivity contribution in [2.24, 2.45) is 5.41 Å². The van der Waals surface area contributed by atoms with Crippen molar-refractivity contribution in [3.05, 3.63) is 71.2 Å². The quantitative estimate of drug-likeness (QED) is 0.255. The standard InChI is InChI=1S/C29H25ClF2N4O2/c30-21-2-1-10-34-25(21)26-24(27(38-35-26)17-3-4-17)18-15-29(16-18)8-12-36(13-9-29)19-5-6-22-20(14-19)23(7-11-33-22)37-28(31)32/h1-2,5-7,10-11,14-15,17,28H,3-4,8-9,12-13,16H2. The Labute approximate surface area is 223 Å². The maximum absolute atomic E-state index is 12.9. The highest BCUT2D eigenvalue weighted by atomic mass is 35.5. The van der Waals surface area contributed by atoms with Gasteiger partial charge in [0.1, 0.15) is 22.9 Å². The van der Waals surface area contributed by atoms with Gasteiger partial charge in [0.2, 0.25) is 0 Å². The van der Waals surface area contributed by atoms with E-state index < -0.39 is 6.61 Å². The van der Waals surface area contributed by atoms with Crippen LogP contribution in [0.25, 0.3) is 27.9 Å². The molecule has 3 aliphatic rings. The number of hydrogen-bond donors (Lipinski definition) is 0. The van der Waals surface area contributed by atoms with Crippen LogP contribution < -0.4 is 9.64 Å². The number of alkyl halides is 2. The molecule has 0 amide bonds. The van der Waals surface area contributed by atoms with Crippen molar-refractivity contribution in [1.82, 2.24) is 15.1 Å². The molecule has 7 rings (SSSR count). The van der Waals surface area contributed by atoms with Crippen LogP contribution in [0.1, 0.15) is 49.3 Å². The third-order valence-corrected chi connectivity index (χ3v) is 8.32. The molecule has 38 heavy (non-hydrogen) atoms. The van der Waals surface area contributed by atoms with E-state index in [-0.39, 0.29) is 11.2 Å². The van der Waals surface area contributed by atoms with Crippen molar-refractivity contribution < 1.29 is 18.0 Å². The van der Waals surface area contributed by atoms with E-state index in [1.807, 2.05) is 30.3 Å². The predicted octanol–water partition coefficient (Wildman–Crippen LogP) is 7.49. The minimum absolute atomic E-state index is 0.136.